The van der Waals surface area contributed by atoms with Crippen LogP contribution < -0.4 is 5.32 Å². The summed E-state index contributed by atoms with van der Waals surface area (Å²) in [6.45, 7) is 5.05. The summed E-state index contributed by atoms with van der Waals surface area (Å²) >= 11 is 1.62. The van der Waals surface area contributed by atoms with Crippen molar-refractivity contribution in [2.45, 2.75) is 44.0 Å². The molecule has 4 rings (SSSR count). The molecule has 0 spiro atoms. The van der Waals surface area contributed by atoms with Crippen LogP contribution in [0.4, 0.5) is 0 Å². The second-order valence-corrected chi connectivity index (χ2v) is 12.1. The standard InChI is InChI=1S/C26H31N3O3S2/c1-19(2)17-20-7-9-21(10-8-20)25(24-6-4-16-33-24)28-26(30)22-11-14-29(15-12-22)34(31,32)23-5-3-13-27-18-23/h3-10,13,16,18-19,22,25H,11-12,14-15,17H2,1-2H3,(H,28,30). The SMILES string of the molecule is CC(C)Cc1ccc(C(NC(=O)C2CCN(S(=O)(=O)c3cccnc3)CC2)c2cccs2)cc1. The van der Waals surface area contributed by atoms with E-state index >= 15 is 0 Å². The molecule has 1 aliphatic heterocycles. The first kappa shape index (κ1) is 24.6. The van der Waals surface area contributed by atoms with Crippen LogP contribution in [0.2, 0.25) is 0 Å². The number of benzene rings is 1. The zero-order valence-corrected chi connectivity index (χ0v) is 21.2. The molecule has 1 saturated heterocycles. The largest absolute Gasteiger partial charge is 0.344 e. The lowest BCUT2D eigenvalue weighted by Crippen LogP contribution is -2.43. The fourth-order valence-electron chi connectivity index (χ4n) is 4.36. The number of carbonyl (C=O) groups is 1. The lowest BCUT2D eigenvalue weighted by molar-refractivity contribution is -0.126. The normalized spacial score (nSPS) is 16.4. The van der Waals surface area contributed by atoms with Gasteiger partial charge in [0.1, 0.15) is 4.90 Å². The number of pyridine rings is 1. The molecule has 8 heteroatoms. The Morgan fingerprint density at radius 1 is 1.12 bits per heavy atom. The smallest absolute Gasteiger partial charge is 0.244 e. The van der Waals surface area contributed by atoms with E-state index in [-0.39, 0.29) is 22.8 Å². The Hall–Kier alpha value is -2.55. The number of hydrogen-bond donors (Lipinski definition) is 1. The van der Waals surface area contributed by atoms with Crippen molar-refractivity contribution in [1.82, 2.24) is 14.6 Å². The van der Waals surface area contributed by atoms with Gasteiger partial charge in [-0.2, -0.15) is 4.31 Å². The lowest BCUT2D eigenvalue weighted by atomic mass is 9.95. The monoisotopic (exact) mass is 497 g/mol. The van der Waals surface area contributed by atoms with E-state index in [1.807, 2.05) is 17.5 Å². The summed E-state index contributed by atoms with van der Waals surface area (Å²) < 4.78 is 27.2. The molecule has 180 valence electrons. The van der Waals surface area contributed by atoms with Gasteiger partial charge in [-0.15, -0.1) is 11.3 Å². The summed E-state index contributed by atoms with van der Waals surface area (Å²) in [5.41, 5.74) is 2.34. The van der Waals surface area contributed by atoms with Crippen molar-refractivity contribution in [3.63, 3.8) is 0 Å². The molecule has 3 aromatic rings. The van der Waals surface area contributed by atoms with Gasteiger partial charge in [0, 0.05) is 36.3 Å². The van der Waals surface area contributed by atoms with Crippen molar-refractivity contribution in [2.24, 2.45) is 11.8 Å². The van der Waals surface area contributed by atoms with Gasteiger partial charge in [-0.25, -0.2) is 8.42 Å². The number of thiophene rings is 1. The summed E-state index contributed by atoms with van der Waals surface area (Å²) in [6.07, 6.45) is 4.94. The summed E-state index contributed by atoms with van der Waals surface area (Å²) in [5.74, 6) is 0.345. The number of nitrogens with zero attached hydrogens (tertiary/aromatic N) is 2. The van der Waals surface area contributed by atoms with E-state index in [2.05, 4.69) is 48.4 Å². The minimum absolute atomic E-state index is 0.0249. The third kappa shape index (κ3) is 5.74. The van der Waals surface area contributed by atoms with Crippen molar-refractivity contribution < 1.29 is 13.2 Å². The van der Waals surface area contributed by atoms with Crippen molar-refractivity contribution in [1.29, 1.82) is 0 Å². The van der Waals surface area contributed by atoms with Crippen molar-refractivity contribution in [3.8, 4) is 0 Å². The molecule has 1 atom stereocenters. The maximum atomic E-state index is 13.2. The minimum atomic E-state index is -3.58. The molecule has 1 N–H and O–H groups in total. The summed E-state index contributed by atoms with van der Waals surface area (Å²) in [5, 5.41) is 5.26. The van der Waals surface area contributed by atoms with Crippen LogP contribution in [0.15, 0.2) is 71.2 Å². The van der Waals surface area contributed by atoms with E-state index in [9.17, 15) is 13.2 Å². The highest BCUT2D eigenvalue weighted by atomic mass is 32.2. The minimum Gasteiger partial charge on any atom is -0.344 e. The average Bonchev–Trinajstić information content (AvgIpc) is 3.38. The molecule has 0 bridgehead atoms. The van der Waals surface area contributed by atoms with Crippen LogP contribution >= 0.6 is 11.3 Å². The Balaban J connectivity index is 1.43. The fraction of sp³-hybridized carbons (Fsp3) is 0.385. The molecular formula is C26H31N3O3S2. The highest BCUT2D eigenvalue weighted by Gasteiger charge is 2.33. The van der Waals surface area contributed by atoms with Crippen LogP contribution in [-0.2, 0) is 21.2 Å². The van der Waals surface area contributed by atoms with Gasteiger partial charge < -0.3 is 5.32 Å². The van der Waals surface area contributed by atoms with E-state index in [0.717, 1.165) is 16.9 Å². The highest BCUT2D eigenvalue weighted by molar-refractivity contribution is 7.89. The van der Waals surface area contributed by atoms with Crippen LogP contribution in [0.3, 0.4) is 0 Å². The Morgan fingerprint density at radius 2 is 1.85 bits per heavy atom. The number of nitrogens with one attached hydrogen (secondary N) is 1. The molecule has 2 aromatic heterocycles. The topological polar surface area (TPSA) is 79.4 Å². The molecule has 0 saturated carbocycles. The highest BCUT2D eigenvalue weighted by Crippen LogP contribution is 2.29. The first-order chi connectivity index (χ1) is 16.3. The van der Waals surface area contributed by atoms with Crippen molar-refractivity contribution in [2.75, 3.05) is 13.1 Å². The van der Waals surface area contributed by atoms with Crippen LogP contribution in [0, 0.1) is 11.8 Å². The summed E-state index contributed by atoms with van der Waals surface area (Å²) in [6, 6.07) is 15.5. The number of piperidine rings is 1. The van der Waals surface area contributed by atoms with Crippen LogP contribution in [0.1, 0.15) is 48.7 Å². The number of sulfonamides is 1. The van der Waals surface area contributed by atoms with E-state index in [1.54, 1.807) is 29.7 Å². The van der Waals surface area contributed by atoms with Crippen molar-refractivity contribution in [3.05, 3.63) is 82.3 Å². The summed E-state index contributed by atoms with van der Waals surface area (Å²) in [7, 11) is -3.58. The van der Waals surface area contributed by atoms with Gasteiger partial charge in [-0.1, -0.05) is 44.2 Å². The van der Waals surface area contributed by atoms with Gasteiger partial charge in [0.25, 0.3) is 0 Å². The van der Waals surface area contributed by atoms with Gasteiger partial charge in [0.05, 0.1) is 6.04 Å². The molecule has 1 amide bonds. The Labute approximate surface area is 206 Å². The predicted octanol–water partition coefficient (Wildman–Crippen LogP) is 4.65. The molecule has 1 aromatic carbocycles. The molecule has 1 unspecified atom stereocenters. The quantitative estimate of drug-likeness (QED) is 0.491. The van der Waals surface area contributed by atoms with E-state index in [0.29, 0.717) is 31.8 Å². The van der Waals surface area contributed by atoms with E-state index < -0.39 is 10.0 Å². The molecule has 1 aliphatic rings. The first-order valence-corrected chi connectivity index (χ1v) is 14.0. The fourth-order valence-corrected chi connectivity index (χ4v) is 6.60. The second-order valence-electron chi connectivity index (χ2n) is 9.16. The number of hydrogen-bond acceptors (Lipinski definition) is 5. The average molecular weight is 498 g/mol. The van der Waals surface area contributed by atoms with Gasteiger partial charge in [0.15, 0.2) is 0 Å². The molecule has 34 heavy (non-hydrogen) atoms. The molecule has 3 heterocycles. The zero-order chi connectivity index (χ0) is 24.1. The molecule has 0 radical (unpaired) electrons. The summed E-state index contributed by atoms with van der Waals surface area (Å²) in [4.78, 5) is 18.4. The van der Waals surface area contributed by atoms with Gasteiger partial charge in [0.2, 0.25) is 15.9 Å². The molecule has 6 nitrogen and oxygen atoms in total. The van der Waals surface area contributed by atoms with Crippen LogP contribution in [0.5, 0.6) is 0 Å². The van der Waals surface area contributed by atoms with Gasteiger partial charge >= 0.3 is 0 Å². The number of aromatic nitrogens is 1. The zero-order valence-electron chi connectivity index (χ0n) is 19.6. The van der Waals surface area contributed by atoms with Crippen LogP contribution in [0.25, 0.3) is 0 Å². The molecule has 1 fully saturated rings. The Kier molecular flexibility index (Phi) is 7.80. The third-order valence-corrected chi connectivity index (χ3v) is 8.99. The second kappa shape index (κ2) is 10.8. The van der Waals surface area contributed by atoms with Gasteiger partial charge in [-0.3, -0.25) is 9.78 Å². The molecular weight excluding hydrogens is 466 g/mol. The van der Waals surface area contributed by atoms with Gasteiger partial charge in [-0.05, 0) is 59.9 Å². The van der Waals surface area contributed by atoms with Crippen LogP contribution in [-0.4, -0.2) is 36.7 Å². The number of carbonyl (C=O) groups excluding carboxylic acids is 1. The van der Waals surface area contributed by atoms with E-state index in [4.69, 9.17) is 0 Å². The third-order valence-electron chi connectivity index (χ3n) is 6.17. The molecule has 0 aliphatic carbocycles. The number of rotatable bonds is 8. The predicted molar refractivity (Wildman–Crippen MR) is 135 cm³/mol. The Bertz CT molecular complexity index is 1170. The maximum Gasteiger partial charge on any atom is 0.244 e. The maximum absolute atomic E-state index is 13.2. The first-order valence-electron chi connectivity index (χ1n) is 11.7. The lowest BCUT2D eigenvalue weighted by Gasteiger charge is -2.31. The van der Waals surface area contributed by atoms with E-state index in [1.165, 1.54) is 16.1 Å². The Morgan fingerprint density at radius 3 is 2.44 bits per heavy atom. The number of amides is 1. The van der Waals surface area contributed by atoms with Crippen molar-refractivity contribution >= 4 is 27.3 Å².